The fraction of sp³-hybridized carbons (Fsp3) is 0.545. The standard InChI is InChI=1S/C11H17NOS/c1-8(2)11(13)7-14-10-4-9(3)5-12-6-10/h4-6,8,11,13H,7H2,1-3H3. The van der Waals surface area contributed by atoms with Crippen molar-refractivity contribution in [1.29, 1.82) is 0 Å². The van der Waals surface area contributed by atoms with Crippen LogP contribution in [0.5, 0.6) is 0 Å². The maximum Gasteiger partial charge on any atom is 0.0656 e. The summed E-state index contributed by atoms with van der Waals surface area (Å²) in [5.74, 6) is 1.06. The molecular formula is C11H17NOS. The van der Waals surface area contributed by atoms with Crippen LogP contribution in [0.3, 0.4) is 0 Å². The van der Waals surface area contributed by atoms with Gasteiger partial charge in [-0.25, -0.2) is 0 Å². The molecule has 0 aliphatic carbocycles. The van der Waals surface area contributed by atoms with Crippen LogP contribution in [-0.4, -0.2) is 21.9 Å². The van der Waals surface area contributed by atoms with Gasteiger partial charge >= 0.3 is 0 Å². The third-order valence-electron chi connectivity index (χ3n) is 2.04. The van der Waals surface area contributed by atoms with Gasteiger partial charge in [-0.05, 0) is 24.5 Å². The fourth-order valence-electron chi connectivity index (χ4n) is 0.980. The van der Waals surface area contributed by atoms with Crippen molar-refractivity contribution in [2.45, 2.75) is 31.8 Å². The van der Waals surface area contributed by atoms with Crippen LogP contribution in [-0.2, 0) is 0 Å². The molecule has 0 saturated heterocycles. The second-order valence-electron chi connectivity index (χ2n) is 3.82. The summed E-state index contributed by atoms with van der Waals surface area (Å²) in [6.07, 6.45) is 3.44. The molecule has 3 heteroatoms. The molecule has 0 bridgehead atoms. The maximum absolute atomic E-state index is 9.62. The minimum atomic E-state index is -0.236. The highest BCUT2D eigenvalue weighted by Gasteiger charge is 2.09. The Morgan fingerprint density at radius 2 is 2.14 bits per heavy atom. The van der Waals surface area contributed by atoms with E-state index >= 15 is 0 Å². The van der Waals surface area contributed by atoms with Crippen LogP contribution < -0.4 is 0 Å². The molecule has 14 heavy (non-hydrogen) atoms. The first-order valence-corrected chi connectivity index (χ1v) is 5.80. The number of hydrogen-bond acceptors (Lipinski definition) is 3. The van der Waals surface area contributed by atoms with Gasteiger partial charge in [0.1, 0.15) is 0 Å². The number of hydrogen-bond donors (Lipinski definition) is 1. The summed E-state index contributed by atoms with van der Waals surface area (Å²) >= 11 is 1.66. The second kappa shape index (κ2) is 5.37. The number of thioether (sulfide) groups is 1. The average Bonchev–Trinajstić information content (AvgIpc) is 2.14. The van der Waals surface area contributed by atoms with Gasteiger partial charge in [0.05, 0.1) is 6.10 Å². The molecule has 1 rings (SSSR count). The molecule has 0 aromatic carbocycles. The van der Waals surface area contributed by atoms with Gasteiger partial charge < -0.3 is 5.11 Å². The Balaban J connectivity index is 2.45. The van der Waals surface area contributed by atoms with E-state index in [1.807, 2.05) is 33.2 Å². The highest BCUT2D eigenvalue weighted by molar-refractivity contribution is 7.99. The first-order valence-electron chi connectivity index (χ1n) is 4.82. The Kier molecular flexibility index (Phi) is 4.42. The summed E-state index contributed by atoms with van der Waals surface area (Å²) in [6.45, 7) is 6.08. The van der Waals surface area contributed by atoms with Gasteiger partial charge in [0.2, 0.25) is 0 Å². The molecular weight excluding hydrogens is 194 g/mol. The number of pyridine rings is 1. The predicted octanol–water partition coefficient (Wildman–Crippen LogP) is 2.50. The van der Waals surface area contributed by atoms with Gasteiger partial charge in [-0.15, -0.1) is 11.8 Å². The summed E-state index contributed by atoms with van der Waals surface area (Å²) in [7, 11) is 0. The van der Waals surface area contributed by atoms with E-state index < -0.39 is 0 Å². The summed E-state index contributed by atoms with van der Waals surface area (Å²) in [4.78, 5) is 5.23. The van der Waals surface area contributed by atoms with E-state index in [0.717, 1.165) is 16.2 Å². The second-order valence-corrected chi connectivity index (χ2v) is 4.91. The number of nitrogens with zero attached hydrogens (tertiary/aromatic N) is 1. The number of aliphatic hydroxyl groups excluding tert-OH is 1. The van der Waals surface area contributed by atoms with Crippen molar-refractivity contribution in [2.24, 2.45) is 5.92 Å². The largest absolute Gasteiger partial charge is 0.392 e. The van der Waals surface area contributed by atoms with Crippen LogP contribution >= 0.6 is 11.8 Å². The molecule has 0 radical (unpaired) electrons. The third-order valence-corrected chi connectivity index (χ3v) is 3.10. The van der Waals surface area contributed by atoms with Crippen molar-refractivity contribution < 1.29 is 5.11 Å². The van der Waals surface area contributed by atoms with E-state index in [9.17, 15) is 5.11 Å². The Labute approximate surface area is 89.8 Å². The van der Waals surface area contributed by atoms with Crippen molar-refractivity contribution >= 4 is 11.8 Å². The molecule has 1 heterocycles. The lowest BCUT2D eigenvalue weighted by Gasteiger charge is -2.13. The van der Waals surface area contributed by atoms with Crippen LogP contribution in [0, 0.1) is 12.8 Å². The molecule has 78 valence electrons. The minimum absolute atomic E-state index is 0.236. The molecule has 1 N–H and O–H groups in total. The summed E-state index contributed by atoms with van der Waals surface area (Å²) in [6, 6.07) is 2.09. The maximum atomic E-state index is 9.62. The zero-order valence-electron chi connectivity index (χ0n) is 8.90. The van der Waals surface area contributed by atoms with Gasteiger partial charge in [0.15, 0.2) is 0 Å². The molecule has 0 aliphatic heterocycles. The Morgan fingerprint density at radius 3 is 2.71 bits per heavy atom. The number of aryl methyl sites for hydroxylation is 1. The number of aromatic nitrogens is 1. The van der Waals surface area contributed by atoms with Crippen LogP contribution in [0.1, 0.15) is 19.4 Å². The van der Waals surface area contributed by atoms with Crippen LogP contribution in [0.15, 0.2) is 23.4 Å². The fourth-order valence-corrected chi connectivity index (χ4v) is 2.13. The average molecular weight is 211 g/mol. The zero-order valence-corrected chi connectivity index (χ0v) is 9.71. The summed E-state index contributed by atoms with van der Waals surface area (Å²) in [5.41, 5.74) is 1.16. The number of aliphatic hydroxyl groups is 1. The van der Waals surface area contributed by atoms with Crippen LogP contribution in [0.2, 0.25) is 0 Å². The summed E-state index contributed by atoms with van der Waals surface area (Å²) in [5, 5.41) is 9.62. The van der Waals surface area contributed by atoms with Gasteiger partial charge in [-0.2, -0.15) is 0 Å². The van der Waals surface area contributed by atoms with Crippen molar-refractivity contribution in [3.05, 3.63) is 24.0 Å². The molecule has 0 amide bonds. The molecule has 0 fully saturated rings. The molecule has 1 aromatic heterocycles. The monoisotopic (exact) mass is 211 g/mol. The van der Waals surface area contributed by atoms with E-state index in [1.165, 1.54) is 0 Å². The SMILES string of the molecule is Cc1cncc(SCC(O)C(C)C)c1. The molecule has 1 aromatic rings. The lowest BCUT2D eigenvalue weighted by molar-refractivity contribution is 0.149. The topological polar surface area (TPSA) is 33.1 Å². The third kappa shape index (κ3) is 3.68. The van der Waals surface area contributed by atoms with Gasteiger partial charge in [-0.3, -0.25) is 4.98 Å². The van der Waals surface area contributed by atoms with Gasteiger partial charge in [0, 0.05) is 23.0 Å². The molecule has 2 nitrogen and oxygen atoms in total. The predicted molar refractivity (Wildman–Crippen MR) is 60.5 cm³/mol. The smallest absolute Gasteiger partial charge is 0.0656 e. The Hall–Kier alpha value is -0.540. The lowest BCUT2D eigenvalue weighted by Crippen LogP contribution is -2.17. The quantitative estimate of drug-likeness (QED) is 0.777. The Morgan fingerprint density at radius 1 is 1.43 bits per heavy atom. The molecule has 1 atom stereocenters. The molecule has 0 spiro atoms. The number of rotatable bonds is 4. The highest BCUT2D eigenvalue weighted by atomic mass is 32.2. The molecule has 0 saturated carbocycles. The van der Waals surface area contributed by atoms with Crippen molar-refractivity contribution in [1.82, 2.24) is 4.98 Å². The van der Waals surface area contributed by atoms with Crippen molar-refractivity contribution in [2.75, 3.05) is 5.75 Å². The first-order chi connectivity index (χ1) is 6.59. The van der Waals surface area contributed by atoms with Crippen molar-refractivity contribution in [3.63, 3.8) is 0 Å². The highest BCUT2D eigenvalue weighted by Crippen LogP contribution is 2.20. The van der Waals surface area contributed by atoms with Gasteiger partial charge in [0.25, 0.3) is 0 Å². The first kappa shape index (κ1) is 11.5. The summed E-state index contributed by atoms with van der Waals surface area (Å²) < 4.78 is 0. The molecule has 1 unspecified atom stereocenters. The van der Waals surface area contributed by atoms with E-state index in [0.29, 0.717) is 5.92 Å². The minimum Gasteiger partial charge on any atom is -0.392 e. The van der Waals surface area contributed by atoms with Crippen LogP contribution in [0.25, 0.3) is 0 Å². The van der Waals surface area contributed by atoms with E-state index in [2.05, 4.69) is 11.1 Å². The lowest BCUT2D eigenvalue weighted by atomic mass is 10.1. The van der Waals surface area contributed by atoms with Gasteiger partial charge in [-0.1, -0.05) is 13.8 Å². The van der Waals surface area contributed by atoms with Crippen molar-refractivity contribution in [3.8, 4) is 0 Å². The zero-order chi connectivity index (χ0) is 10.6. The van der Waals surface area contributed by atoms with E-state index in [-0.39, 0.29) is 6.10 Å². The van der Waals surface area contributed by atoms with Crippen LogP contribution in [0.4, 0.5) is 0 Å². The van der Waals surface area contributed by atoms with E-state index in [1.54, 1.807) is 11.8 Å². The van der Waals surface area contributed by atoms with E-state index in [4.69, 9.17) is 0 Å². The molecule has 0 aliphatic rings. The normalized spacial score (nSPS) is 13.2. The Bertz CT molecular complexity index is 288.